The molecule has 0 aliphatic heterocycles. The van der Waals surface area contributed by atoms with Crippen molar-refractivity contribution in [3.63, 3.8) is 0 Å². The predicted molar refractivity (Wildman–Crippen MR) is 158 cm³/mol. The molecule has 1 fully saturated rings. The minimum Gasteiger partial charge on any atom is -0.493 e. The first-order valence-corrected chi connectivity index (χ1v) is 13.8. The number of methoxy groups -OCH3 is 2. The highest BCUT2D eigenvalue weighted by molar-refractivity contribution is 5.97. The first kappa shape index (κ1) is 28.0. The molecule has 0 aromatic heterocycles. The predicted octanol–water partition coefficient (Wildman–Crippen LogP) is 7.28. The van der Waals surface area contributed by atoms with Crippen LogP contribution in [0.25, 0.3) is 0 Å². The van der Waals surface area contributed by atoms with Gasteiger partial charge in [0.05, 0.1) is 14.2 Å². The standard InChI is InChI=1S/C35H34O6/c1-38-34-20-28(15-17-32(34)40-22-30(36)24-9-5-3-6-10-24)26-13-14-27(19-26)29-16-18-33(35(21-29)39-2)41-23-31(37)25-11-7-4-8-12-25/h3-12,15-18,20-21,26-27H,13-14,19,22-23H2,1-2H3. The van der Waals surface area contributed by atoms with Gasteiger partial charge in [0.1, 0.15) is 0 Å². The van der Waals surface area contributed by atoms with Crippen molar-refractivity contribution in [1.82, 2.24) is 0 Å². The Morgan fingerprint density at radius 1 is 0.585 bits per heavy atom. The zero-order valence-electron chi connectivity index (χ0n) is 23.4. The number of ketones is 2. The molecule has 6 heteroatoms. The molecule has 0 bridgehead atoms. The zero-order chi connectivity index (χ0) is 28.6. The van der Waals surface area contributed by atoms with Crippen molar-refractivity contribution in [3.8, 4) is 23.0 Å². The summed E-state index contributed by atoms with van der Waals surface area (Å²) < 4.78 is 22.9. The van der Waals surface area contributed by atoms with E-state index in [-0.39, 0.29) is 24.8 Å². The van der Waals surface area contributed by atoms with Crippen molar-refractivity contribution in [3.05, 3.63) is 119 Å². The molecule has 6 nitrogen and oxygen atoms in total. The molecule has 5 rings (SSSR count). The van der Waals surface area contributed by atoms with Gasteiger partial charge in [-0.25, -0.2) is 0 Å². The van der Waals surface area contributed by atoms with Crippen LogP contribution in [0.3, 0.4) is 0 Å². The highest BCUT2D eigenvalue weighted by Crippen LogP contribution is 2.46. The van der Waals surface area contributed by atoms with E-state index in [0.29, 0.717) is 46.0 Å². The average molecular weight is 551 g/mol. The largest absolute Gasteiger partial charge is 0.493 e. The number of benzene rings is 4. The van der Waals surface area contributed by atoms with E-state index in [4.69, 9.17) is 18.9 Å². The minimum atomic E-state index is -0.0787. The Labute approximate surface area is 240 Å². The van der Waals surface area contributed by atoms with Gasteiger partial charge < -0.3 is 18.9 Å². The third-order valence-electron chi connectivity index (χ3n) is 7.66. The maximum absolute atomic E-state index is 12.5. The number of hydrogen-bond donors (Lipinski definition) is 0. The Bertz CT molecular complexity index is 1370. The fourth-order valence-corrected chi connectivity index (χ4v) is 5.40. The van der Waals surface area contributed by atoms with Crippen molar-refractivity contribution >= 4 is 11.6 Å². The summed E-state index contributed by atoms with van der Waals surface area (Å²) in [5.41, 5.74) is 3.63. The molecule has 0 amide bonds. The third-order valence-corrected chi connectivity index (χ3v) is 7.66. The molecule has 2 atom stereocenters. The number of ether oxygens (including phenoxy) is 4. The number of rotatable bonds is 12. The van der Waals surface area contributed by atoms with E-state index in [1.54, 1.807) is 38.5 Å². The van der Waals surface area contributed by atoms with Crippen molar-refractivity contribution in [2.24, 2.45) is 0 Å². The van der Waals surface area contributed by atoms with Gasteiger partial charge in [0.15, 0.2) is 47.8 Å². The molecule has 1 aliphatic carbocycles. The molecule has 2 unspecified atom stereocenters. The highest BCUT2D eigenvalue weighted by Gasteiger charge is 2.28. The first-order chi connectivity index (χ1) is 20.1. The maximum Gasteiger partial charge on any atom is 0.200 e. The van der Waals surface area contributed by atoms with Crippen LogP contribution >= 0.6 is 0 Å². The van der Waals surface area contributed by atoms with Gasteiger partial charge in [0.25, 0.3) is 0 Å². The van der Waals surface area contributed by atoms with Crippen LogP contribution in [0.4, 0.5) is 0 Å². The van der Waals surface area contributed by atoms with Gasteiger partial charge in [0, 0.05) is 11.1 Å². The molecule has 4 aromatic rings. The SMILES string of the molecule is COc1cc(C2CCC(c3ccc(OCC(=O)c4ccccc4)c(OC)c3)C2)ccc1OCC(=O)c1ccccc1. The Morgan fingerprint density at radius 3 is 1.39 bits per heavy atom. The molecule has 0 N–H and O–H groups in total. The number of carbonyl (C=O) groups is 2. The van der Waals surface area contributed by atoms with E-state index < -0.39 is 0 Å². The summed E-state index contributed by atoms with van der Waals surface area (Å²) in [6.45, 7) is -0.0969. The van der Waals surface area contributed by atoms with E-state index >= 15 is 0 Å². The molecule has 0 radical (unpaired) electrons. The molecule has 0 heterocycles. The summed E-state index contributed by atoms with van der Waals surface area (Å²) >= 11 is 0. The fourth-order valence-electron chi connectivity index (χ4n) is 5.40. The van der Waals surface area contributed by atoms with Gasteiger partial charge in [-0.2, -0.15) is 0 Å². The second-order valence-electron chi connectivity index (χ2n) is 10.2. The van der Waals surface area contributed by atoms with Crippen molar-refractivity contribution in [1.29, 1.82) is 0 Å². The molecule has 0 spiro atoms. The molecule has 4 aromatic carbocycles. The van der Waals surface area contributed by atoms with Crippen LogP contribution < -0.4 is 18.9 Å². The van der Waals surface area contributed by atoms with Crippen LogP contribution in [0.15, 0.2) is 97.1 Å². The lowest BCUT2D eigenvalue weighted by atomic mass is 9.92. The van der Waals surface area contributed by atoms with Crippen LogP contribution in [0.5, 0.6) is 23.0 Å². The second-order valence-corrected chi connectivity index (χ2v) is 10.2. The van der Waals surface area contributed by atoms with E-state index in [1.165, 1.54) is 11.1 Å². The van der Waals surface area contributed by atoms with E-state index in [1.807, 2.05) is 60.7 Å². The average Bonchev–Trinajstić information content (AvgIpc) is 3.53. The van der Waals surface area contributed by atoms with Crippen LogP contribution in [0, 0.1) is 0 Å². The lowest BCUT2D eigenvalue weighted by molar-refractivity contribution is 0.0912. The molecule has 0 saturated heterocycles. The van der Waals surface area contributed by atoms with E-state index in [9.17, 15) is 9.59 Å². The van der Waals surface area contributed by atoms with Crippen molar-refractivity contribution < 1.29 is 28.5 Å². The summed E-state index contributed by atoms with van der Waals surface area (Å²) in [5.74, 6) is 2.95. The van der Waals surface area contributed by atoms with Gasteiger partial charge in [0.2, 0.25) is 0 Å². The Morgan fingerprint density at radius 2 is 1.00 bits per heavy atom. The highest BCUT2D eigenvalue weighted by atomic mass is 16.5. The summed E-state index contributed by atoms with van der Waals surface area (Å²) in [4.78, 5) is 24.9. The summed E-state index contributed by atoms with van der Waals surface area (Å²) in [5, 5.41) is 0. The zero-order valence-corrected chi connectivity index (χ0v) is 23.4. The lowest BCUT2D eigenvalue weighted by Gasteiger charge is -2.17. The van der Waals surface area contributed by atoms with Gasteiger partial charge in [-0.1, -0.05) is 72.8 Å². The van der Waals surface area contributed by atoms with E-state index in [0.717, 1.165) is 19.3 Å². The Balaban J connectivity index is 1.21. The second kappa shape index (κ2) is 13.2. The first-order valence-electron chi connectivity index (χ1n) is 13.8. The molecule has 1 saturated carbocycles. The number of carbonyl (C=O) groups excluding carboxylic acids is 2. The Kier molecular flexibility index (Phi) is 8.99. The normalized spacial score (nSPS) is 16.1. The molecule has 1 aliphatic rings. The fraction of sp³-hybridized carbons (Fsp3) is 0.257. The smallest absolute Gasteiger partial charge is 0.200 e. The van der Waals surface area contributed by atoms with Crippen molar-refractivity contribution in [2.45, 2.75) is 31.1 Å². The van der Waals surface area contributed by atoms with Crippen LogP contribution in [0.1, 0.15) is 62.9 Å². The van der Waals surface area contributed by atoms with Gasteiger partial charge in [-0.05, 0) is 66.5 Å². The van der Waals surface area contributed by atoms with Gasteiger partial charge in [-0.15, -0.1) is 0 Å². The topological polar surface area (TPSA) is 71.1 Å². The summed E-state index contributed by atoms with van der Waals surface area (Å²) in [7, 11) is 3.23. The molecular weight excluding hydrogens is 516 g/mol. The quantitative estimate of drug-likeness (QED) is 0.173. The number of hydrogen-bond acceptors (Lipinski definition) is 6. The van der Waals surface area contributed by atoms with Crippen LogP contribution in [-0.2, 0) is 0 Å². The molecule has 41 heavy (non-hydrogen) atoms. The monoisotopic (exact) mass is 550 g/mol. The summed E-state index contributed by atoms with van der Waals surface area (Å²) in [6.07, 6.45) is 3.09. The van der Waals surface area contributed by atoms with Gasteiger partial charge >= 0.3 is 0 Å². The summed E-state index contributed by atoms with van der Waals surface area (Å²) in [6, 6.07) is 30.2. The minimum absolute atomic E-state index is 0.0484. The van der Waals surface area contributed by atoms with Crippen LogP contribution in [-0.4, -0.2) is 39.0 Å². The van der Waals surface area contributed by atoms with Crippen molar-refractivity contribution in [2.75, 3.05) is 27.4 Å². The van der Waals surface area contributed by atoms with Gasteiger partial charge in [-0.3, -0.25) is 9.59 Å². The Hall–Kier alpha value is -4.58. The molecular formula is C35H34O6. The lowest BCUT2D eigenvalue weighted by Crippen LogP contribution is -2.12. The number of Topliss-reactive ketones (excluding diaryl/α,β-unsaturated/α-hetero) is 2. The third kappa shape index (κ3) is 6.77. The molecule has 210 valence electrons. The van der Waals surface area contributed by atoms with Crippen LogP contribution in [0.2, 0.25) is 0 Å². The maximum atomic E-state index is 12.5. The van der Waals surface area contributed by atoms with E-state index in [2.05, 4.69) is 12.1 Å².